The fourth-order valence-electron chi connectivity index (χ4n) is 5.20. The topological polar surface area (TPSA) is 70.5 Å². The van der Waals surface area contributed by atoms with E-state index in [1.165, 1.54) is 0 Å². The lowest BCUT2D eigenvalue weighted by molar-refractivity contribution is 0.159. The van der Waals surface area contributed by atoms with E-state index in [1.54, 1.807) is 0 Å². The molecule has 2 aliphatic heterocycles. The summed E-state index contributed by atoms with van der Waals surface area (Å²) in [5, 5.41) is 1.07. The van der Waals surface area contributed by atoms with Gasteiger partial charge in [-0.15, -0.1) is 0 Å². The second kappa shape index (κ2) is 9.70. The number of piperidine rings is 1. The molecule has 2 saturated heterocycles. The van der Waals surface area contributed by atoms with Gasteiger partial charge in [0.1, 0.15) is 11.6 Å². The Hall–Kier alpha value is -3.00. The molecule has 3 aromatic rings. The molecule has 0 radical (unpaired) electrons. The van der Waals surface area contributed by atoms with Gasteiger partial charge in [-0.25, -0.2) is 15.0 Å². The summed E-state index contributed by atoms with van der Waals surface area (Å²) in [6.07, 6.45) is 4.14. The normalized spacial score (nSPS) is 18.0. The number of fused-ring (bicyclic) bond motifs is 1. The maximum atomic E-state index is 5.65. The van der Waals surface area contributed by atoms with Crippen LogP contribution in [-0.2, 0) is 0 Å². The van der Waals surface area contributed by atoms with Crippen molar-refractivity contribution < 1.29 is 4.74 Å². The van der Waals surface area contributed by atoms with Gasteiger partial charge in [-0.05, 0) is 58.7 Å². The van der Waals surface area contributed by atoms with Crippen LogP contribution in [0, 0.1) is 20.8 Å². The number of rotatable bonds is 5. The molecular weight excluding hydrogens is 426 g/mol. The lowest BCUT2D eigenvalue weighted by atomic mass is 10.0. The lowest BCUT2D eigenvalue weighted by Crippen LogP contribution is -2.53. The molecule has 0 spiro atoms. The summed E-state index contributed by atoms with van der Waals surface area (Å²) in [7, 11) is 0. The van der Waals surface area contributed by atoms with Gasteiger partial charge in [0.25, 0.3) is 0 Å². The first kappa shape index (κ1) is 22.8. The summed E-state index contributed by atoms with van der Waals surface area (Å²) < 4.78 is 5.65. The molecule has 2 fully saturated rings. The first-order chi connectivity index (χ1) is 16.5. The SMILES string of the molecule is CCOc1ccc2nc(N3CCC(N4CCN(c5nc(C)cnc5C)CC4)CC3)nc(C)c2c1. The third kappa shape index (κ3) is 4.64. The maximum Gasteiger partial charge on any atom is 0.226 e. The Balaban J connectivity index is 1.19. The molecule has 0 bridgehead atoms. The lowest BCUT2D eigenvalue weighted by Gasteiger charge is -2.43. The van der Waals surface area contributed by atoms with Gasteiger partial charge >= 0.3 is 0 Å². The zero-order valence-corrected chi connectivity index (χ0v) is 20.8. The quantitative estimate of drug-likeness (QED) is 0.572. The molecule has 8 heteroatoms. The van der Waals surface area contributed by atoms with E-state index in [0.717, 1.165) is 97.6 Å². The van der Waals surface area contributed by atoms with Crippen molar-refractivity contribution in [2.45, 2.75) is 46.6 Å². The van der Waals surface area contributed by atoms with E-state index < -0.39 is 0 Å². The number of piperazine rings is 1. The predicted octanol–water partition coefficient (Wildman–Crippen LogP) is 3.53. The standard InChI is InChI=1S/C26H35N7O/c1-5-34-22-6-7-24-23(16-22)19(3)29-26(30-24)33-10-8-21(9-11-33)31-12-14-32(15-13-31)25-20(4)27-17-18(2)28-25/h6-7,16-17,21H,5,8-15H2,1-4H3. The summed E-state index contributed by atoms with van der Waals surface area (Å²) in [6, 6.07) is 6.72. The largest absolute Gasteiger partial charge is 0.494 e. The smallest absolute Gasteiger partial charge is 0.226 e. The van der Waals surface area contributed by atoms with Gasteiger partial charge in [0.15, 0.2) is 0 Å². The molecule has 0 atom stereocenters. The van der Waals surface area contributed by atoms with Gasteiger partial charge in [-0.2, -0.15) is 0 Å². The minimum absolute atomic E-state index is 0.624. The molecule has 0 N–H and O–H groups in total. The van der Waals surface area contributed by atoms with Crippen molar-refractivity contribution in [3.05, 3.63) is 41.5 Å². The predicted molar refractivity (Wildman–Crippen MR) is 136 cm³/mol. The zero-order chi connectivity index (χ0) is 23.7. The van der Waals surface area contributed by atoms with Crippen LogP contribution in [-0.4, -0.2) is 76.8 Å². The molecule has 4 heterocycles. The van der Waals surface area contributed by atoms with Crippen molar-refractivity contribution in [3.8, 4) is 5.75 Å². The van der Waals surface area contributed by atoms with E-state index >= 15 is 0 Å². The highest BCUT2D eigenvalue weighted by Crippen LogP contribution is 2.27. The number of ether oxygens (including phenoxy) is 1. The van der Waals surface area contributed by atoms with Crippen molar-refractivity contribution in [2.24, 2.45) is 0 Å². The third-order valence-corrected chi connectivity index (χ3v) is 7.09. The van der Waals surface area contributed by atoms with Gasteiger partial charge in [-0.3, -0.25) is 9.88 Å². The van der Waals surface area contributed by atoms with E-state index in [1.807, 2.05) is 38.2 Å². The van der Waals surface area contributed by atoms with E-state index in [0.29, 0.717) is 12.6 Å². The molecule has 0 saturated carbocycles. The molecule has 5 rings (SSSR count). The van der Waals surface area contributed by atoms with Gasteiger partial charge in [-0.1, -0.05) is 0 Å². The van der Waals surface area contributed by atoms with Crippen molar-refractivity contribution >= 4 is 22.7 Å². The first-order valence-electron chi connectivity index (χ1n) is 12.5. The van der Waals surface area contributed by atoms with E-state index in [-0.39, 0.29) is 0 Å². The second-order valence-corrected chi connectivity index (χ2v) is 9.38. The van der Waals surface area contributed by atoms with Gasteiger partial charge < -0.3 is 14.5 Å². The minimum atomic E-state index is 0.624. The molecule has 180 valence electrons. The summed E-state index contributed by atoms with van der Waals surface area (Å²) in [6.45, 7) is 15.0. The number of anilines is 2. The molecule has 1 aromatic carbocycles. The van der Waals surface area contributed by atoms with E-state index in [9.17, 15) is 0 Å². The Morgan fingerprint density at radius 2 is 1.65 bits per heavy atom. The number of nitrogens with zero attached hydrogens (tertiary/aromatic N) is 7. The molecule has 0 amide bonds. The maximum absolute atomic E-state index is 5.65. The molecule has 2 aliphatic rings. The van der Waals surface area contributed by atoms with Crippen LogP contribution < -0.4 is 14.5 Å². The Morgan fingerprint density at radius 3 is 2.38 bits per heavy atom. The van der Waals surface area contributed by atoms with Crippen LogP contribution in [0.2, 0.25) is 0 Å². The third-order valence-electron chi connectivity index (χ3n) is 7.09. The Kier molecular flexibility index (Phi) is 6.50. The highest BCUT2D eigenvalue weighted by Gasteiger charge is 2.29. The van der Waals surface area contributed by atoms with Crippen molar-refractivity contribution in [3.63, 3.8) is 0 Å². The summed E-state index contributed by atoms with van der Waals surface area (Å²) >= 11 is 0. The van der Waals surface area contributed by atoms with Crippen LogP contribution >= 0.6 is 0 Å². The number of benzene rings is 1. The van der Waals surface area contributed by atoms with Crippen LogP contribution in [0.5, 0.6) is 5.75 Å². The zero-order valence-electron chi connectivity index (χ0n) is 20.8. The number of aromatic nitrogens is 4. The van der Waals surface area contributed by atoms with Crippen LogP contribution in [0.4, 0.5) is 11.8 Å². The fourth-order valence-corrected chi connectivity index (χ4v) is 5.20. The van der Waals surface area contributed by atoms with Crippen LogP contribution in [0.3, 0.4) is 0 Å². The minimum Gasteiger partial charge on any atom is -0.494 e. The van der Waals surface area contributed by atoms with Crippen LogP contribution in [0.25, 0.3) is 10.9 Å². The number of aryl methyl sites for hydroxylation is 3. The molecule has 0 unspecified atom stereocenters. The molecular formula is C26H35N7O. The van der Waals surface area contributed by atoms with Crippen molar-refractivity contribution in [1.29, 1.82) is 0 Å². The molecule has 0 aliphatic carbocycles. The van der Waals surface area contributed by atoms with Crippen LogP contribution in [0.1, 0.15) is 36.8 Å². The van der Waals surface area contributed by atoms with Crippen molar-refractivity contribution in [1.82, 2.24) is 24.8 Å². The van der Waals surface area contributed by atoms with Gasteiger partial charge in [0.05, 0.1) is 29.2 Å². The highest BCUT2D eigenvalue weighted by molar-refractivity contribution is 5.83. The average molecular weight is 462 g/mol. The average Bonchev–Trinajstić information content (AvgIpc) is 2.86. The van der Waals surface area contributed by atoms with Crippen molar-refractivity contribution in [2.75, 3.05) is 55.7 Å². The summed E-state index contributed by atoms with van der Waals surface area (Å²) in [5.41, 5.74) is 4.00. The Morgan fingerprint density at radius 1 is 0.882 bits per heavy atom. The van der Waals surface area contributed by atoms with Crippen LogP contribution in [0.15, 0.2) is 24.4 Å². The Labute approximate surface area is 202 Å². The van der Waals surface area contributed by atoms with E-state index in [4.69, 9.17) is 19.7 Å². The van der Waals surface area contributed by atoms with Gasteiger partial charge in [0, 0.05) is 56.9 Å². The summed E-state index contributed by atoms with van der Waals surface area (Å²) in [4.78, 5) is 26.4. The number of hydrogen-bond donors (Lipinski definition) is 0. The monoisotopic (exact) mass is 461 g/mol. The number of hydrogen-bond acceptors (Lipinski definition) is 8. The first-order valence-corrected chi connectivity index (χ1v) is 12.5. The summed E-state index contributed by atoms with van der Waals surface area (Å²) in [5.74, 6) is 2.78. The molecule has 34 heavy (non-hydrogen) atoms. The Bertz CT molecular complexity index is 1150. The highest BCUT2D eigenvalue weighted by atomic mass is 16.5. The molecule has 2 aromatic heterocycles. The van der Waals surface area contributed by atoms with E-state index in [2.05, 4.69) is 33.5 Å². The fraction of sp³-hybridized carbons (Fsp3) is 0.538. The second-order valence-electron chi connectivity index (χ2n) is 9.38. The molecule has 8 nitrogen and oxygen atoms in total. The van der Waals surface area contributed by atoms with Gasteiger partial charge in [0.2, 0.25) is 5.95 Å².